The van der Waals surface area contributed by atoms with E-state index in [0.29, 0.717) is 11.6 Å². The predicted molar refractivity (Wildman–Crippen MR) is 83.2 cm³/mol. The van der Waals surface area contributed by atoms with Crippen LogP contribution in [-0.2, 0) is 0 Å². The number of nitrogens with zero attached hydrogens (tertiary/aromatic N) is 1. The van der Waals surface area contributed by atoms with Crippen LogP contribution in [0.15, 0.2) is 18.2 Å². The van der Waals surface area contributed by atoms with Gasteiger partial charge in [0.25, 0.3) is 0 Å². The number of anilines is 1. The Morgan fingerprint density at radius 3 is 2.52 bits per heavy atom. The highest BCUT2D eigenvalue weighted by atomic mass is 35.5. The molecule has 0 heterocycles. The number of hydrogen-bond acceptors (Lipinski definition) is 3. The van der Waals surface area contributed by atoms with Crippen LogP contribution in [0.1, 0.15) is 24.2 Å². The molecule has 0 unspecified atom stereocenters. The van der Waals surface area contributed by atoms with Gasteiger partial charge < -0.3 is 20.6 Å². The van der Waals surface area contributed by atoms with Crippen molar-refractivity contribution >= 4 is 29.3 Å². The molecule has 0 aliphatic rings. The highest BCUT2D eigenvalue weighted by Gasteiger charge is 2.12. The van der Waals surface area contributed by atoms with Gasteiger partial charge in [-0.25, -0.2) is 9.59 Å². The van der Waals surface area contributed by atoms with Crippen molar-refractivity contribution < 1.29 is 14.7 Å². The molecule has 0 aliphatic heterocycles. The Morgan fingerprint density at radius 1 is 1.29 bits per heavy atom. The van der Waals surface area contributed by atoms with Crippen LogP contribution in [0.3, 0.4) is 0 Å². The van der Waals surface area contributed by atoms with Crippen LogP contribution in [0.2, 0.25) is 5.02 Å². The molecule has 0 fully saturated rings. The molecule has 0 saturated heterocycles. The maximum Gasteiger partial charge on any atom is 0.337 e. The zero-order valence-electron chi connectivity index (χ0n) is 12.1. The van der Waals surface area contributed by atoms with E-state index in [-0.39, 0.29) is 11.3 Å². The Balaban J connectivity index is 2.59. The van der Waals surface area contributed by atoms with Crippen LogP contribution in [-0.4, -0.2) is 48.2 Å². The fourth-order valence-electron chi connectivity index (χ4n) is 1.84. The minimum atomic E-state index is -1.12. The zero-order chi connectivity index (χ0) is 15.8. The first-order chi connectivity index (χ1) is 9.97. The van der Waals surface area contributed by atoms with Crippen molar-refractivity contribution in [2.75, 3.05) is 31.5 Å². The van der Waals surface area contributed by atoms with Crippen molar-refractivity contribution in [2.45, 2.75) is 13.8 Å². The minimum absolute atomic E-state index is 0.00158. The van der Waals surface area contributed by atoms with E-state index in [2.05, 4.69) is 29.4 Å². The normalized spacial score (nSPS) is 10.5. The van der Waals surface area contributed by atoms with Crippen LogP contribution >= 0.6 is 11.6 Å². The summed E-state index contributed by atoms with van der Waals surface area (Å²) in [6, 6.07) is 3.78. The molecule has 2 amide bonds. The summed E-state index contributed by atoms with van der Waals surface area (Å²) in [7, 11) is 0. The number of hydrogen-bond donors (Lipinski definition) is 3. The van der Waals surface area contributed by atoms with E-state index >= 15 is 0 Å². The SMILES string of the molecule is CCN(CC)CCNC(=O)Nc1cc(Cl)ccc1C(=O)O. The van der Waals surface area contributed by atoms with Crippen molar-refractivity contribution in [2.24, 2.45) is 0 Å². The lowest BCUT2D eigenvalue weighted by atomic mass is 10.2. The van der Waals surface area contributed by atoms with Crippen LogP contribution < -0.4 is 10.6 Å². The number of carbonyl (C=O) groups is 2. The first-order valence-corrected chi connectivity index (χ1v) is 7.15. The van der Waals surface area contributed by atoms with Crippen molar-refractivity contribution in [3.8, 4) is 0 Å². The van der Waals surface area contributed by atoms with E-state index in [1.165, 1.54) is 18.2 Å². The molecule has 0 atom stereocenters. The van der Waals surface area contributed by atoms with Crippen LogP contribution in [0.5, 0.6) is 0 Å². The second-order valence-electron chi connectivity index (χ2n) is 4.40. The van der Waals surface area contributed by atoms with Gasteiger partial charge in [0, 0.05) is 18.1 Å². The van der Waals surface area contributed by atoms with Gasteiger partial charge in [-0.15, -0.1) is 0 Å². The summed E-state index contributed by atoms with van der Waals surface area (Å²) in [4.78, 5) is 25.0. The average molecular weight is 314 g/mol. The highest BCUT2D eigenvalue weighted by molar-refractivity contribution is 6.31. The van der Waals surface area contributed by atoms with Crippen molar-refractivity contribution in [1.29, 1.82) is 0 Å². The molecule has 0 aliphatic carbocycles. The number of nitrogens with one attached hydrogen (secondary N) is 2. The van der Waals surface area contributed by atoms with Crippen molar-refractivity contribution in [3.05, 3.63) is 28.8 Å². The second-order valence-corrected chi connectivity index (χ2v) is 4.84. The lowest BCUT2D eigenvalue weighted by molar-refractivity contribution is 0.0698. The number of carbonyl (C=O) groups excluding carboxylic acids is 1. The maximum atomic E-state index is 11.8. The first kappa shape index (κ1) is 17.3. The molecule has 0 radical (unpaired) electrons. The molecule has 1 rings (SSSR count). The van der Waals surface area contributed by atoms with Gasteiger partial charge in [-0.3, -0.25) is 0 Å². The smallest absolute Gasteiger partial charge is 0.337 e. The van der Waals surface area contributed by atoms with Gasteiger partial charge >= 0.3 is 12.0 Å². The number of carboxylic acid groups (broad SMARTS) is 1. The number of carboxylic acids is 1. The quantitative estimate of drug-likeness (QED) is 0.722. The van der Waals surface area contributed by atoms with Crippen LogP contribution in [0, 0.1) is 0 Å². The monoisotopic (exact) mass is 313 g/mol. The van der Waals surface area contributed by atoms with Gasteiger partial charge in [0.15, 0.2) is 0 Å². The fraction of sp³-hybridized carbons (Fsp3) is 0.429. The summed E-state index contributed by atoms with van der Waals surface area (Å²) < 4.78 is 0. The van der Waals surface area contributed by atoms with E-state index in [1.54, 1.807) is 0 Å². The molecular formula is C14H20ClN3O3. The Bertz CT molecular complexity index is 504. The molecule has 21 heavy (non-hydrogen) atoms. The van der Waals surface area contributed by atoms with E-state index in [1.807, 2.05) is 0 Å². The number of likely N-dealkylation sites (N-methyl/N-ethyl adjacent to an activating group) is 1. The summed E-state index contributed by atoms with van der Waals surface area (Å²) in [5, 5.41) is 14.6. The molecule has 0 saturated carbocycles. The Hall–Kier alpha value is -1.79. The molecule has 0 bridgehead atoms. The molecule has 0 spiro atoms. The third kappa shape index (κ3) is 5.61. The summed E-state index contributed by atoms with van der Waals surface area (Å²) in [5.41, 5.74) is 0.175. The summed E-state index contributed by atoms with van der Waals surface area (Å²) >= 11 is 5.82. The highest BCUT2D eigenvalue weighted by Crippen LogP contribution is 2.21. The molecule has 0 aromatic heterocycles. The van der Waals surface area contributed by atoms with Crippen molar-refractivity contribution in [3.63, 3.8) is 0 Å². The maximum absolute atomic E-state index is 11.8. The molecule has 3 N–H and O–H groups in total. The number of aromatic carboxylic acids is 1. The number of amides is 2. The minimum Gasteiger partial charge on any atom is -0.478 e. The lowest BCUT2D eigenvalue weighted by Crippen LogP contribution is -2.37. The zero-order valence-corrected chi connectivity index (χ0v) is 12.9. The van der Waals surface area contributed by atoms with Gasteiger partial charge in [-0.2, -0.15) is 0 Å². The van der Waals surface area contributed by atoms with E-state index in [0.717, 1.165) is 19.6 Å². The summed E-state index contributed by atoms with van der Waals surface area (Å²) in [6.45, 7) is 7.15. The third-order valence-electron chi connectivity index (χ3n) is 3.07. The summed E-state index contributed by atoms with van der Waals surface area (Å²) in [6.07, 6.45) is 0. The lowest BCUT2D eigenvalue weighted by Gasteiger charge is -2.18. The van der Waals surface area contributed by atoms with Crippen molar-refractivity contribution in [1.82, 2.24) is 10.2 Å². The first-order valence-electron chi connectivity index (χ1n) is 6.78. The number of urea groups is 1. The Kier molecular flexibility index (Phi) is 6.98. The van der Waals surface area contributed by atoms with Crippen LogP contribution in [0.25, 0.3) is 0 Å². The number of halogens is 1. The molecule has 116 valence electrons. The second kappa shape index (κ2) is 8.49. The summed E-state index contributed by atoms with van der Waals surface area (Å²) in [5.74, 6) is -1.12. The third-order valence-corrected chi connectivity index (χ3v) is 3.30. The topological polar surface area (TPSA) is 81.7 Å². The molecule has 7 heteroatoms. The van der Waals surface area contributed by atoms with Gasteiger partial charge in [-0.1, -0.05) is 25.4 Å². The van der Waals surface area contributed by atoms with E-state index in [4.69, 9.17) is 16.7 Å². The molecular weight excluding hydrogens is 294 g/mol. The van der Waals surface area contributed by atoms with Gasteiger partial charge in [0.05, 0.1) is 11.3 Å². The molecule has 6 nitrogen and oxygen atoms in total. The fourth-order valence-corrected chi connectivity index (χ4v) is 2.01. The van der Waals surface area contributed by atoms with Crippen LogP contribution in [0.4, 0.5) is 10.5 Å². The standard InChI is InChI=1S/C14H20ClN3O3/c1-3-18(4-2)8-7-16-14(21)17-12-9-10(15)5-6-11(12)13(19)20/h5-6,9H,3-4,7-8H2,1-2H3,(H,19,20)(H2,16,17,21). The van der Waals surface area contributed by atoms with Gasteiger partial charge in [-0.05, 0) is 31.3 Å². The van der Waals surface area contributed by atoms with E-state index in [9.17, 15) is 9.59 Å². The Morgan fingerprint density at radius 2 is 1.95 bits per heavy atom. The number of benzene rings is 1. The van der Waals surface area contributed by atoms with Gasteiger partial charge in [0.2, 0.25) is 0 Å². The predicted octanol–water partition coefficient (Wildman–Crippen LogP) is 2.50. The average Bonchev–Trinajstić information content (AvgIpc) is 2.43. The largest absolute Gasteiger partial charge is 0.478 e. The number of rotatable bonds is 7. The van der Waals surface area contributed by atoms with E-state index < -0.39 is 12.0 Å². The van der Waals surface area contributed by atoms with Gasteiger partial charge in [0.1, 0.15) is 0 Å². The molecule has 1 aromatic carbocycles. The molecule has 1 aromatic rings. The Labute approximate surface area is 129 Å².